The summed E-state index contributed by atoms with van der Waals surface area (Å²) in [5, 5.41) is 3.81. The molecule has 0 unspecified atom stereocenters. The number of aryl methyl sites for hydroxylation is 2. The summed E-state index contributed by atoms with van der Waals surface area (Å²) in [5.74, 6) is 0.397. The van der Waals surface area contributed by atoms with E-state index in [-0.39, 0.29) is 69.2 Å². The SMILES string of the molecule is CCCc1nc(C)c(-c2ccc(OCC(F)(F)F)cc2)c(=O)n1Cc1ccc(-c2ccccc2-c2noc(=O)[nH]2)cc1.[K]. The number of nitrogens with zero attached hydrogens (tertiary/aromatic N) is 3. The number of halogens is 3. The molecule has 0 bridgehead atoms. The normalized spacial score (nSPS) is 11.3. The topological polar surface area (TPSA) is 103 Å². The first-order chi connectivity index (χ1) is 20.1. The maximum absolute atomic E-state index is 13.8. The van der Waals surface area contributed by atoms with Crippen molar-refractivity contribution in [2.24, 2.45) is 0 Å². The van der Waals surface area contributed by atoms with Gasteiger partial charge in [-0.1, -0.05) is 72.7 Å². The van der Waals surface area contributed by atoms with Crippen LogP contribution in [0.4, 0.5) is 13.2 Å². The number of rotatable bonds is 9. The van der Waals surface area contributed by atoms with E-state index in [0.717, 1.165) is 23.1 Å². The van der Waals surface area contributed by atoms with Gasteiger partial charge in [-0.2, -0.15) is 13.2 Å². The maximum atomic E-state index is 13.8. The predicted octanol–water partition coefficient (Wildman–Crippen LogP) is 5.79. The molecule has 5 aromatic rings. The van der Waals surface area contributed by atoms with Gasteiger partial charge in [-0.15, -0.1) is 0 Å². The summed E-state index contributed by atoms with van der Waals surface area (Å²) in [5.41, 5.74) is 4.54. The minimum Gasteiger partial charge on any atom is -0.484 e. The molecule has 0 amide bonds. The van der Waals surface area contributed by atoms with E-state index in [1.54, 1.807) is 23.6 Å². The molecule has 217 valence electrons. The van der Waals surface area contributed by atoms with E-state index in [0.29, 0.717) is 40.5 Å². The first kappa shape index (κ1) is 32.6. The monoisotopic (exact) mass is 615 g/mol. The van der Waals surface area contributed by atoms with Crippen molar-refractivity contribution in [2.75, 3.05) is 6.61 Å². The summed E-state index contributed by atoms with van der Waals surface area (Å²) in [7, 11) is 0. The number of ether oxygens (including phenoxy) is 1. The molecule has 0 saturated heterocycles. The Bertz CT molecular complexity index is 1810. The molecule has 0 spiro atoms. The van der Waals surface area contributed by atoms with E-state index >= 15 is 0 Å². The molecule has 2 aromatic heterocycles. The number of hydrogen-bond donors (Lipinski definition) is 1. The fraction of sp³-hybridized carbons (Fsp3) is 0.226. The summed E-state index contributed by atoms with van der Waals surface area (Å²) >= 11 is 0. The van der Waals surface area contributed by atoms with Crippen LogP contribution in [0.3, 0.4) is 0 Å². The standard InChI is InChI=1S/C31H27F3N4O4.K/c1-3-6-26-35-19(2)27(22-13-15-23(16-14-22)41-18-31(32,33)34)29(39)38(26)17-20-9-11-21(12-10-20)24-7-4-5-8-25(24)28-36-30(40)42-37-28;/h4-5,7-16H,3,6,17-18H2,1-2H3,(H,36,37,40);. The fourth-order valence-electron chi connectivity index (χ4n) is 4.77. The Labute approximate surface area is 287 Å². The Morgan fingerprint density at radius 1 is 0.930 bits per heavy atom. The zero-order chi connectivity index (χ0) is 29.9. The summed E-state index contributed by atoms with van der Waals surface area (Å²) < 4.78 is 48.7. The van der Waals surface area contributed by atoms with E-state index in [1.165, 1.54) is 12.1 Å². The van der Waals surface area contributed by atoms with E-state index in [9.17, 15) is 22.8 Å². The number of hydrogen-bond acceptors (Lipinski definition) is 6. The van der Waals surface area contributed by atoms with E-state index in [4.69, 9.17) is 9.72 Å². The van der Waals surface area contributed by atoms with Crippen molar-refractivity contribution in [3.05, 3.63) is 111 Å². The van der Waals surface area contributed by atoms with Crippen LogP contribution in [0.25, 0.3) is 33.6 Å². The second-order valence-electron chi connectivity index (χ2n) is 9.74. The third-order valence-electron chi connectivity index (χ3n) is 6.68. The van der Waals surface area contributed by atoms with E-state index in [1.807, 2.05) is 55.5 Å². The number of benzene rings is 3. The molecule has 0 atom stereocenters. The summed E-state index contributed by atoms with van der Waals surface area (Å²) in [4.78, 5) is 32.6. The van der Waals surface area contributed by atoms with Crippen LogP contribution in [0.2, 0.25) is 0 Å². The molecule has 12 heteroatoms. The van der Waals surface area contributed by atoms with Gasteiger partial charge >= 0.3 is 11.9 Å². The van der Waals surface area contributed by atoms with Crippen molar-refractivity contribution in [1.82, 2.24) is 19.7 Å². The molecular weight excluding hydrogens is 588 g/mol. The maximum Gasteiger partial charge on any atom is 0.439 e. The van der Waals surface area contributed by atoms with E-state index in [2.05, 4.69) is 14.7 Å². The van der Waals surface area contributed by atoms with Gasteiger partial charge in [-0.05, 0) is 47.7 Å². The fourth-order valence-corrected chi connectivity index (χ4v) is 4.77. The van der Waals surface area contributed by atoms with Crippen LogP contribution in [0.1, 0.15) is 30.4 Å². The predicted molar refractivity (Wildman–Crippen MR) is 157 cm³/mol. The molecular formula is C31H27F3KN4O4. The third kappa shape index (κ3) is 7.81. The Morgan fingerprint density at radius 3 is 2.19 bits per heavy atom. The minimum absolute atomic E-state index is 0. The molecule has 3 aromatic carbocycles. The first-order valence-electron chi connectivity index (χ1n) is 13.3. The summed E-state index contributed by atoms with van der Waals surface area (Å²) in [6.07, 6.45) is -3.06. The zero-order valence-electron chi connectivity index (χ0n) is 23.9. The second kappa shape index (κ2) is 14.0. The zero-order valence-corrected chi connectivity index (χ0v) is 27.0. The van der Waals surface area contributed by atoms with Crippen LogP contribution in [0, 0.1) is 6.92 Å². The Kier molecular flexibility index (Phi) is 10.6. The van der Waals surface area contributed by atoms with Crippen LogP contribution < -0.4 is 16.1 Å². The average Bonchev–Trinajstić information content (AvgIpc) is 3.41. The Balaban J connectivity index is 0.00000423. The van der Waals surface area contributed by atoms with Gasteiger partial charge in [0, 0.05) is 63.4 Å². The third-order valence-corrected chi connectivity index (χ3v) is 6.68. The van der Waals surface area contributed by atoms with Crippen LogP contribution in [-0.4, -0.2) is 83.9 Å². The van der Waals surface area contributed by atoms with Gasteiger partial charge in [0.25, 0.3) is 5.56 Å². The Hall–Kier alpha value is -3.29. The molecule has 43 heavy (non-hydrogen) atoms. The van der Waals surface area contributed by atoms with Crippen molar-refractivity contribution in [2.45, 2.75) is 39.4 Å². The van der Waals surface area contributed by atoms with Crippen LogP contribution in [-0.2, 0) is 13.0 Å². The number of alkyl halides is 3. The molecule has 8 nitrogen and oxygen atoms in total. The van der Waals surface area contributed by atoms with Crippen molar-refractivity contribution >= 4 is 51.4 Å². The molecule has 2 heterocycles. The van der Waals surface area contributed by atoms with Gasteiger partial charge in [0.1, 0.15) is 11.6 Å². The molecule has 1 N–H and O–H groups in total. The molecule has 5 rings (SSSR count). The van der Waals surface area contributed by atoms with E-state index < -0.39 is 18.5 Å². The molecule has 0 fully saturated rings. The van der Waals surface area contributed by atoms with Gasteiger partial charge in [0.05, 0.1) is 17.8 Å². The second-order valence-corrected chi connectivity index (χ2v) is 9.74. The van der Waals surface area contributed by atoms with Crippen LogP contribution in [0.5, 0.6) is 5.75 Å². The first-order valence-corrected chi connectivity index (χ1v) is 13.3. The summed E-state index contributed by atoms with van der Waals surface area (Å²) in [6.45, 7) is 2.64. The Morgan fingerprint density at radius 2 is 1.58 bits per heavy atom. The molecule has 0 aliphatic heterocycles. The molecule has 0 aliphatic carbocycles. The van der Waals surface area contributed by atoms with Crippen molar-refractivity contribution in [3.63, 3.8) is 0 Å². The molecule has 0 saturated carbocycles. The number of aromatic amines is 1. The van der Waals surface area contributed by atoms with Gasteiger partial charge in [0.15, 0.2) is 12.4 Å². The quantitative estimate of drug-likeness (QED) is 0.211. The number of H-pyrrole nitrogens is 1. The van der Waals surface area contributed by atoms with Crippen molar-refractivity contribution < 1.29 is 22.4 Å². The smallest absolute Gasteiger partial charge is 0.439 e. The molecule has 1 radical (unpaired) electrons. The van der Waals surface area contributed by atoms with Gasteiger partial charge < -0.3 is 4.74 Å². The van der Waals surface area contributed by atoms with Crippen molar-refractivity contribution in [3.8, 4) is 39.4 Å². The van der Waals surface area contributed by atoms with Crippen molar-refractivity contribution in [1.29, 1.82) is 0 Å². The van der Waals surface area contributed by atoms with Crippen LogP contribution in [0.15, 0.2) is 86.9 Å². The number of nitrogens with one attached hydrogen (secondary N) is 1. The summed E-state index contributed by atoms with van der Waals surface area (Å²) in [6, 6.07) is 21.1. The van der Waals surface area contributed by atoms with Gasteiger partial charge in [0.2, 0.25) is 0 Å². The van der Waals surface area contributed by atoms with Crippen LogP contribution >= 0.6 is 0 Å². The molecule has 0 aliphatic rings. The largest absolute Gasteiger partial charge is 0.484 e. The average molecular weight is 616 g/mol. The number of aromatic nitrogens is 4. The minimum atomic E-state index is -4.44. The van der Waals surface area contributed by atoms with Gasteiger partial charge in [-0.3, -0.25) is 18.9 Å². The van der Waals surface area contributed by atoms with Gasteiger partial charge in [-0.25, -0.2) is 9.78 Å².